The van der Waals surface area contributed by atoms with Gasteiger partial charge in [0.05, 0.1) is 17.1 Å². The van der Waals surface area contributed by atoms with Crippen LogP contribution in [-0.2, 0) is 10.0 Å². The number of nitrogens with zero attached hydrogens (tertiary/aromatic N) is 2. The number of ether oxygens (including phenoxy) is 1. The Morgan fingerprint density at radius 1 is 1.07 bits per heavy atom. The van der Waals surface area contributed by atoms with Crippen molar-refractivity contribution in [2.45, 2.75) is 11.8 Å². The highest BCUT2D eigenvalue weighted by atomic mass is 35.5. The second-order valence-electron chi connectivity index (χ2n) is 5.90. The van der Waals surface area contributed by atoms with E-state index in [1.807, 2.05) is 31.2 Å². The van der Waals surface area contributed by atoms with Crippen LogP contribution in [0, 0.1) is 6.92 Å². The molecule has 0 bridgehead atoms. The van der Waals surface area contributed by atoms with Crippen molar-refractivity contribution in [1.82, 2.24) is 9.97 Å². The predicted octanol–water partition coefficient (Wildman–Crippen LogP) is 3.28. The molecule has 0 aliphatic heterocycles. The summed E-state index contributed by atoms with van der Waals surface area (Å²) < 4.78 is 33.5. The molecule has 1 heterocycles. The van der Waals surface area contributed by atoms with Gasteiger partial charge in [0.15, 0.2) is 5.82 Å². The number of aryl methyl sites for hydroxylation is 1. The Kier molecular flexibility index (Phi) is 6.13. The molecule has 3 rings (SSSR count). The van der Waals surface area contributed by atoms with E-state index in [0.717, 1.165) is 5.56 Å². The van der Waals surface area contributed by atoms with Gasteiger partial charge >= 0.3 is 0 Å². The molecule has 3 aromatic rings. The average Bonchev–Trinajstić information content (AvgIpc) is 2.67. The summed E-state index contributed by atoms with van der Waals surface area (Å²) in [6.07, 6.45) is 1.20. The molecule has 7 nitrogen and oxygen atoms in total. The zero-order valence-electron chi connectivity index (χ0n) is 15.0. The highest BCUT2D eigenvalue weighted by molar-refractivity contribution is 7.92. The first-order valence-corrected chi connectivity index (χ1v) is 10.2. The fourth-order valence-corrected chi connectivity index (χ4v) is 3.63. The Hall–Kier alpha value is -2.68. The van der Waals surface area contributed by atoms with Crippen molar-refractivity contribution < 1.29 is 18.3 Å². The number of sulfonamides is 1. The van der Waals surface area contributed by atoms with E-state index >= 15 is 0 Å². The first kappa shape index (κ1) is 20.1. The van der Waals surface area contributed by atoms with Crippen molar-refractivity contribution in [3.05, 3.63) is 65.4 Å². The van der Waals surface area contributed by atoms with Crippen molar-refractivity contribution in [3.63, 3.8) is 0 Å². The highest BCUT2D eigenvalue weighted by Gasteiger charge is 2.21. The summed E-state index contributed by atoms with van der Waals surface area (Å²) in [5.74, 6) is 0.239. The van der Waals surface area contributed by atoms with Crippen molar-refractivity contribution >= 4 is 27.4 Å². The lowest BCUT2D eigenvalue weighted by Gasteiger charge is -2.15. The van der Waals surface area contributed by atoms with Crippen LogP contribution >= 0.6 is 11.6 Å². The molecular formula is C19H18ClN3O4S. The van der Waals surface area contributed by atoms with Gasteiger partial charge in [-0.15, -0.1) is 0 Å². The Labute approximate surface area is 168 Å². The lowest BCUT2D eigenvalue weighted by atomic mass is 10.1. The van der Waals surface area contributed by atoms with E-state index < -0.39 is 10.0 Å². The largest absolute Gasteiger partial charge is 0.475 e. The van der Waals surface area contributed by atoms with Gasteiger partial charge in [-0.25, -0.2) is 18.4 Å². The van der Waals surface area contributed by atoms with Gasteiger partial charge in [-0.1, -0.05) is 41.4 Å². The molecule has 28 heavy (non-hydrogen) atoms. The van der Waals surface area contributed by atoms with Crippen LogP contribution in [0.25, 0.3) is 11.1 Å². The fourth-order valence-electron chi connectivity index (χ4n) is 2.48. The predicted molar refractivity (Wildman–Crippen MR) is 107 cm³/mol. The van der Waals surface area contributed by atoms with E-state index in [4.69, 9.17) is 21.4 Å². The number of hydrogen-bond acceptors (Lipinski definition) is 6. The van der Waals surface area contributed by atoms with Gasteiger partial charge in [-0.05, 0) is 36.8 Å². The lowest BCUT2D eigenvalue weighted by molar-refractivity contribution is 0.197. The molecule has 0 aliphatic carbocycles. The van der Waals surface area contributed by atoms with Gasteiger partial charge in [-0.3, -0.25) is 4.72 Å². The van der Waals surface area contributed by atoms with Crippen LogP contribution in [0.15, 0.2) is 59.8 Å². The zero-order valence-corrected chi connectivity index (χ0v) is 16.5. The molecule has 0 saturated carbocycles. The van der Waals surface area contributed by atoms with E-state index in [1.54, 1.807) is 0 Å². The molecule has 0 unspecified atom stereocenters. The Morgan fingerprint density at radius 3 is 2.39 bits per heavy atom. The van der Waals surface area contributed by atoms with Crippen molar-refractivity contribution in [2.24, 2.45) is 0 Å². The summed E-state index contributed by atoms with van der Waals surface area (Å²) >= 11 is 5.84. The third-order valence-corrected chi connectivity index (χ3v) is 5.44. The summed E-state index contributed by atoms with van der Waals surface area (Å²) in [5.41, 5.74) is 2.10. The van der Waals surface area contributed by atoms with Gasteiger partial charge in [0.1, 0.15) is 12.9 Å². The topological polar surface area (TPSA) is 101 Å². The molecule has 0 spiro atoms. The zero-order chi connectivity index (χ0) is 20.1. The maximum Gasteiger partial charge on any atom is 0.263 e. The molecule has 0 amide bonds. The number of hydrogen-bond donors (Lipinski definition) is 2. The summed E-state index contributed by atoms with van der Waals surface area (Å²) in [7, 11) is -3.91. The van der Waals surface area contributed by atoms with E-state index in [9.17, 15) is 8.42 Å². The van der Waals surface area contributed by atoms with Crippen LogP contribution in [0.1, 0.15) is 5.56 Å². The van der Waals surface area contributed by atoms with E-state index in [1.165, 1.54) is 30.6 Å². The number of benzene rings is 2. The van der Waals surface area contributed by atoms with Crippen LogP contribution in [0.3, 0.4) is 0 Å². The first-order valence-electron chi connectivity index (χ1n) is 8.35. The second kappa shape index (κ2) is 8.55. The third kappa shape index (κ3) is 4.59. The number of aliphatic hydroxyl groups excluding tert-OH is 1. The van der Waals surface area contributed by atoms with E-state index in [0.29, 0.717) is 16.1 Å². The van der Waals surface area contributed by atoms with Gasteiger partial charge in [0.25, 0.3) is 10.0 Å². The van der Waals surface area contributed by atoms with Crippen LogP contribution in [-0.4, -0.2) is 36.7 Å². The maximum atomic E-state index is 12.8. The van der Waals surface area contributed by atoms with Crippen LogP contribution in [0.5, 0.6) is 5.88 Å². The van der Waals surface area contributed by atoms with Crippen molar-refractivity contribution in [1.29, 1.82) is 0 Å². The first-order chi connectivity index (χ1) is 13.4. The van der Waals surface area contributed by atoms with Gasteiger partial charge in [-0.2, -0.15) is 0 Å². The summed E-state index contributed by atoms with van der Waals surface area (Å²) in [6.45, 7) is 1.75. The molecule has 0 atom stereocenters. The molecule has 0 radical (unpaired) electrons. The molecule has 1 aromatic heterocycles. The minimum absolute atomic E-state index is 0.0131. The van der Waals surface area contributed by atoms with Gasteiger partial charge < -0.3 is 9.84 Å². The lowest BCUT2D eigenvalue weighted by Crippen LogP contribution is -2.15. The summed E-state index contributed by atoms with van der Waals surface area (Å²) in [5, 5.41) is 9.49. The fraction of sp³-hybridized carbons (Fsp3) is 0.158. The monoisotopic (exact) mass is 419 g/mol. The second-order valence-corrected chi connectivity index (χ2v) is 8.02. The Balaban J connectivity index is 2.07. The van der Waals surface area contributed by atoms with E-state index in [2.05, 4.69) is 14.7 Å². The number of aromatic nitrogens is 2. The minimum atomic E-state index is -3.91. The number of halogens is 1. The molecular weight excluding hydrogens is 402 g/mol. The van der Waals surface area contributed by atoms with E-state index in [-0.39, 0.29) is 29.8 Å². The van der Waals surface area contributed by atoms with Crippen LogP contribution in [0.4, 0.5) is 5.82 Å². The Morgan fingerprint density at radius 2 is 1.75 bits per heavy atom. The molecule has 0 fully saturated rings. The molecule has 0 aliphatic rings. The average molecular weight is 420 g/mol. The van der Waals surface area contributed by atoms with Gasteiger partial charge in [0.2, 0.25) is 5.88 Å². The number of nitrogens with one attached hydrogen (secondary N) is 1. The molecule has 0 saturated heterocycles. The summed E-state index contributed by atoms with van der Waals surface area (Å²) in [6, 6.07) is 13.2. The number of rotatable bonds is 7. The molecule has 2 aromatic carbocycles. The third-order valence-electron chi connectivity index (χ3n) is 3.84. The van der Waals surface area contributed by atoms with Gasteiger partial charge in [0, 0.05) is 5.02 Å². The van der Waals surface area contributed by atoms with Crippen LogP contribution in [0.2, 0.25) is 5.02 Å². The molecule has 2 N–H and O–H groups in total. The molecule has 9 heteroatoms. The maximum absolute atomic E-state index is 12.8. The van der Waals surface area contributed by atoms with Crippen molar-refractivity contribution in [3.8, 4) is 17.0 Å². The SMILES string of the molecule is Cc1ccc(-c2c(NS(=O)(=O)c3ccc(Cl)cc3)ncnc2OCCO)cc1. The normalized spacial score (nSPS) is 11.2. The molecule has 146 valence electrons. The quantitative estimate of drug-likeness (QED) is 0.609. The smallest absolute Gasteiger partial charge is 0.263 e. The van der Waals surface area contributed by atoms with Crippen LogP contribution < -0.4 is 9.46 Å². The highest BCUT2D eigenvalue weighted by Crippen LogP contribution is 2.35. The summed E-state index contributed by atoms with van der Waals surface area (Å²) in [4.78, 5) is 8.24. The Bertz CT molecular complexity index is 1060. The minimum Gasteiger partial charge on any atom is -0.475 e. The number of anilines is 1. The van der Waals surface area contributed by atoms with Crippen molar-refractivity contribution in [2.75, 3.05) is 17.9 Å². The number of aliphatic hydroxyl groups is 1. The standard InChI is InChI=1S/C19H18ClN3O4S/c1-13-2-4-14(5-3-13)17-18(21-12-22-19(17)27-11-10-24)23-28(25,26)16-8-6-15(20)7-9-16/h2-9,12,24H,10-11H2,1H3,(H,21,22,23).